The third-order valence-electron chi connectivity index (χ3n) is 11.6. The van der Waals surface area contributed by atoms with Crippen molar-refractivity contribution in [1.29, 1.82) is 0 Å². The molecular weight excluding hydrogens is 704 g/mol. The summed E-state index contributed by atoms with van der Waals surface area (Å²) in [6, 6.07) is 19.8. The second-order valence-corrected chi connectivity index (χ2v) is 14.9. The zero-order chi connectivity index (χ0) is 37.8. The van der Waals surface area contributed by atoms with Gasteiger partial charge in [0.25, 0.3) is 17.5 Å². The van der Waals surface area contributed by atoms with Crippen molar-refractivity contribution >= 4 is 57.7 Å². The molecule has 0 spiro atoms. The Labute approximate surface area is 316 Å². The maximum absolute atomic E-state index is 13.3. The number of hydrogen-bond donors (Lipinski definition) is 2. The smallest absolute Gasteiger partial charge is 0.269 e. The van der Waals surface area contributed by atoms with Crippen LogP contribution in [0.2, 0.25) is 0 Å². The number of benzene rings is 3. The van der Waals surface area contributed by atoms with Gasteiger partial charge in [-0.05, 0) is 48.7 Å². The van der Waals surface area contributed by atoms with Gasteiger partial charge >= 0.3 is 0 Å². The molecule has 4 fully saturated rings. The molecule has 3 aromatic carbocycles. The van der Waals surface area contributed by atoms with Crippen LogP contribution in [-0.2, 0) is 16.0 Å². The van der Waals surface area contributed by atoms with Crippen molar-refractivity contribution in [3.63, 3.8) is 0 Å². The largest absolute Gasteiger partial charge is 0.369 e. The van der Waals surface area contributed by atoms with E-state index in [1.165, 1.54) is 12.1 Å². The number of piperidine rings is 1. The molecule has 5 aliphatic heterocycles. The first kappa shape index (κ1) is 34.7. The molecule has 0 saturated carbocycles. The first-order valence-electron chi connectivity index (χ1n) is 18.8. The highest BCUT2D eigenvalue weighted by molar-refractivity contribution is 6.23. The highest BCUT2D eigenvalue weighted by Crippen LogP contribution is 2.33. The number of nitro benzene ring substituents is 1. The number of nitro groups is 1. The van der Waals surface area contributed by atoms with Crippen LogP contribution in [0.1, 0.15) is 39.1 Å². The normalized spacial score (nSPS) is 21.1. The summed E-state index contributed by atoms with van der Waals surface area (Å²) >= 11 is 0. The van der Waals surface area contributed by atoms with Crippen molar-refractivity contribution in [2.75, 3.05) is 74.0 Å². The van der Waals surface area contributed by atoms with Crippen LogP contribution in [0.3, 0.4) is 0 Å². The van der Waals surface area contributed by atoms with Crippen LogP contribution in [0.5, 0.6) is 0 Å². The Hall–Kier alpha value is -6.00. The van der Waals surface area contributed by atoms with Gasteiger partial charge in [0, 0.05) is 101 Å². The molecule has 2 N–H and O–H groups in total. The van der Waals surface area contributed by atoms with Gasteiger partial charge in [0.15, 0.2) is 0 Å². The first-order valence-corrected chi connectivity index (χ1v) is 18.8. The molecule has 6 heterocycles. The Bertz CT molecular complexity index is 2210. The number of carbonyl (C=O) groups excluding carboxylic acids is 4. The fraction of sp³-hybridized carbons (Fsp3) is 0.385. The van der Waals surface area contributed by atoms with Crippen LogP contribution < -0.4 is 20.4 Å². The van der Waals surface area contributed by atoms with Crippen LogP contribution in [0.25, 0.3) is 10.9 Å². The molecule has 1 atom stereocenters. The standard InChI is InChI=1S/C39H40N10O6/c50-34-12-11-33(36(51)42-34)48-37(52)29-10-9-26(19-31(29)38(48)53)46-20-27(21-46)44-15-17-45(18-16-44)28-22-47(23-28)39-41-32-4-2-1-3-30(32)35(43-39)40-14-13-24-5-7-25(8-6-24)49(54)55/h1-10,19,27-28,33H,11-18,20-23H2,(H,40,41,43)(H,42,50,51). The molecule has 55 heavy (non-hydrogen) atoms. The van der Waals surface area contributed by atoms with E-state index in [-0.39, 0.29) is 18.5 Å². The molecule has 16 heteroatoms. The number of nitrogens with zero attached hydrogens (tertiary/aromatic N) is 8. The van der Waals surface area contributed by atoms with Crippen molar-refractivity contribution in [3.05, 3.63) is 93.5 Å². The molecular formula is C39H40N10O6. The molecule has 4 saturated heterocycles. The molecule has 1 aromatic heterocycles. The average molecular weight is 745 g/mol. The summed E-state index contributed by atoms with van der Waals surface area (Å²) < 4.78 is 0. The molecule has 9 rings (SSSR count). The summed E-state index contributed by atoms with van der Waals surface area (Å²) in [5.74, 6) is -0.486. The van der Waals surface area contributed by atoms with Crippen molar-refractivity contribution in [1.82, 2.24) is 30.0 Å². The highest BCUT2D eigenvalue weighted by Gasteiger charge is 2.45. The molecule has 1 unspecified atom stereocenters. The molecule has 282 valence electrons. The molecule has 0 radical (unpaired) electrons. The Balaban J connectivity index is 0.758. The van der Waals surface area contributed by atoms with Crippen molar-refractivity contribution in [2.45, 2.75) is 37.4 Å². The van der Waals surface area contributed by atoms with Gasteiger partial charge in [-0.2, -0.15) is 4.98 Å². The number of para-hydroxylation sites is 1. The molecule has 0 bridgehead atoms. The summed E-state index contributed by atoms with van der Waals surface area (Å²) in [5.41, 5.74) is 3.45. The minimum absolute atomic E-state index is 0.0838. The Morgan fingerprint density at radius 3 is 2.16 bits per heavy atom. The van der Waals surface area contributed by atoms with Crippen LogP contribution in [0.15, 0.2) is 66.7 Å². The first-order chi connectivity index (χ1) is 26.7. The van der Waals surface area contributed by atoms with Crippen molar-refractivity contribution in [2.24, 2.45) is 0 Å². The third kappa shape index (κ3) is 6.50. The fourth-order valence-electron chi connectivity index (χ4n) is 8.32. The van der Waals surface area contributed by atoms with E-state index in [1.54, 1.807) is 24.3 Å². The van der Waals surface area contributed by atoms with Gasteiger partial charge in [0.2, 0.25) is 17.8 Å². The maximum atomic E-state index is 13.3. The molecule has 4 amide bonds. The van der Waals surface area contributed by atoms with E-state index in [0.717, 1.165) is 85.2 Å². The summed E-state index contributed by atoms with van der Waals surface area (Å²) in [6.07, 6.45) is 0.928. The number of nitrogens with one attached hydrogen (secondary N) is 2. The number of hydrogen-bond acceptors (Lipinski definition) is 13. The van der Waals surface area contributed by atoms with Gasteiger partial charge in [-0.15, -0.1) is 0 Å². The molecule has 0 aliphatic carbocycles. The van der Waals surface area contributed by atoms with Gasteiger partial charge in [-0.25, -0.2) is 4.98 Å². The Morgan fingerprint density at radius 2 is 1.47 bits per heavy atom. The Morgan fingerprint density at radius 1 is 0.800 bits per heavy atom. The van der Waals surface area contributed by atoms with Gasteiger partial charge in [0.1, 0.15) is 11.9 Å². The van der Waals surface area contributed by atoms with E-state index >= 15 is 0 Å². The van der Waals surface area contributed by atoms with E-state index in [1.807, 2.05) is 30.3 Å². The average Bonchev–Trinajstić information content (AvgIpc) is 3.39. The number of piperazine rings is 1. The lowest BCUT2D eigenvalue weighted by atomic mass is 10.0. The minimum Gasteiger partial charge on any atom is -0.369 e. The summed E-state index contributed by atoms with van der Waals surface area (Å²) in [6.45, 7) is 7.92. The van der Waals surface area contributed by atoms with Crippen LogP contribution in [-0.4, -0.2) is 130 Å². The maximum Gasteiger partial charge on any atom is 0.269 e. The summed E-state index contributed by atoms with van der Waals surface area (Å²) in [5, 5.41) is 17.7. The monoisotopic (exact) mass is 744 g/mol. The van der Waals surface area contributed by atoms with Crippen LogP contribution in [0.4, 0.5) is 23.1 Å². The SMILES string of the molecule is O=C1CCC(N2C(=O)c3ccc(N4CC(N5CCN(C6CN(c7nc(NCCc8ccc([N+](=O)[O-])cc8)c8ccccc8n7)C6)CC5)C4)cc3C2=O)C(=O)N1. The second-order valence-electron chi connectivity index (χ2n) is 14.9. The zero-order valence-electron chi connectivity index (χ0n) is 30.1. The van der Waals surface area contributed by atoms with Gasteiger partial charge in [-0.3, -0.25) is 49.3 Å². The number of aromatic nitrogens is 2. The number of fused-ring (bicyclic) bond motifs is 2. The van der Waals surface area contributed by atoms with Gasteiger partial charge in [-0.1, -0.05) is 24.3 Å². The number of imide groups is 2. The van der Waals surface area contributed by atoms with Gasteiger partial charge < -0.3 is 15.1 Å². The van der Waals surface area contributed by atoms with Crippen molar-refractivity contribution < 1.29 is 24.1 Å². The predicted molar refractivity (Wildman–Crippen MR) is 203 cm³/mol. The van der Waals surface area contributed by atoms with Crippen LogP contribution >= 0.6 is 0 Å². The minimum atomic E-state index is -0.972. The predicted octanol–water partition coefficient (Wildman–Crippen LogP) is 2.29. The van der Waals surface area contributed by atoms with E-state index in [4.69, 9.17) is 9.97 Å². The van der Waals surface area contributed by atoms with E-state index < -0.39 is 34.6 Å². The summed E-state index contributed by atoms with van der Waals surface area (Å²) in [4.78, 5) is 81.4. The third-order valence-corrected chi connectivity index (χ3v) is 11.6. The zero-order valence-corrected chi connectivity index (χ0v) is 30.1. The topological polar surface area (TPSA) is 177 Å². The lowest BCUT2D eigenvalue weighted by molar-refractivity contribution is -0.384. The number of anilines is 3. The number of amides is 4. The number of rotatable bonds is 10. The van der Waals surface area contributed by atoms with Crippen LogP contribution in [0, 0.1) is 10.1 Å². The lowest BCUT2D eigenvalue weighted by Gasteiger charge is -2.52. The summed E-state index contributed by atoms with van der Waals surface area (Å²) in [7, 11) is 0. The Kier molecular flexibility index (Phi) is 8.85. The number of non-ortho nitro benzene ring substituents is 1. The molecule has 5 aliphatic rings. The second kappa shape index (κ2) is 14.0. The van der Waals surface area contributed by atoms with E-state index in [0.29, 0.717) is 42.1 Å². The van der Waals surface area contributed by atoms with E-state index in [2.05, 4.69) is 30.2 Å². The number of carbonyl (C=O) groups is 4. The van der Waals surface area contributed by atoms with Crippen molar-refractivity contribution in [3.8, 4) is 0 Å². The fourth-order valence-corrected chi connectivity index (χ4v) is 8.32. The lowest BCUT2D eigenvalue weighted by Crippen LogP contribution is -2.67. The molecule has 16 nitrogen and oxygen atoms in total. The highest BCUT2D eigenvalue weighted by atomic mass is 16.6. The van der Waals surface area contributed by atoms with Gasteiger partial charge in [0.05, 0.1) is 21.6 Å². The van der Waals surface area contributed by atoms with E-state index in [9.17, 15) is 29.3 Å². The molecule has 4 aromatic rings. The quantitative estimate of drug-likeness (QED) is 0.138.